The molecule has 0 aromatic carbocycles. The van der Waals surface area contributed by atoms with Crippen molar-refractivity contribution in [2.45, 2.75) is 13.8 Å². The molecule has 1 N–H and O–H groups in total. The summed E-state index contributed by atoms with van der Waals surface area (Å²) in [5.74, 6) is 1.57. The molecule has 0 aliphatic rings. The van der Waals surface area contributed by atoms with Gasteiger partial charge in [-0.15, -0.1) is 6.42 Å². The zero-order chi connectivity index (χ0) is 15.7. The second-order valence-electron chi connectivity index (χ2n) is 5.38. The van der Waals surface area contributed by atoms with Crippen molar-refractivity contribution in [2.75, 3.05) is 46.8 Å². The maximum atomic E-state index is 12.4. The van der Waals surface area contributed by atoms with Crippen LogP contribution >= 0.6 is 0 Å². The van der Waals surface area contributed by atoms with E-state index in [0.717, 1.165) is 6.54 Å². The highest BCUT2D eigenvalue weighted by atomic mass is 16.4. The van der Waals surface area contributed by atoms with Gasteiger partial charge in [0.1, 0.15) is 6.54 Å². The lowest BCUT2D eigenvalue weighted by molar-refractivity contribution is -0.137. The number of aliphatic carboxylic acids is 1. The Kier molecular flexibility index (Phi) is 8.41. The molecule has 0 fully saturated rings. The number of hydrogen-bond acceptors (Lipinski definition) is 3. The van der Waals surface area contributed by atoms with E-state index in [4.69, 9.17) is 11.5 Å². The Morgan fingerprint density at radius 2 is 1.80 bits per heavy atom. The molecule has 114 valence electrons. The van der Waals surface area contributed by atoms with Crippen molar-refractivity contribution in [3.63, 3.8) is 0 Å². The molecule has 0 aliphatic carbocycles. The number of likely N-dealkylation sites (N-methyl/N-ethyl adjacent to an activating group) is 1. The van der Waals surface area contributed by atoms with E-state index in [0.29, 0.717) is 19.0 Å². The summed E-state index contributed by atoms with van der Waals surface area (Å²) in [4.78, 5) is 28.0. The Balaban J connectivity index is 4.85. The Morgan fingerprint density at radius 1 is 1.20 bits per heavy atom. The van der Waals surface area contributed by atoms with E-state index >= 15 is 0 Å². The first-order valence-electron chi connectivity index (χ1n) is 6.61. The van der Waals surface area contributed by atoms with E-state index in [1.54, 1.807) is 4.90 Å². The normalized spacial score (nSPS) is 10.4. The van der Waals surface area contributed by atoms with Crippen molar-refractivity contribution in [2.24, 2.45) is 5.92 Å². The fourth-order valence-corrected chi connectivity index (χ4v) is 1.69. The number of hydrogen-bond donors (Lipinski definition) is 1. The van der Waals surface area contributed by atoms with Crippen LogP contribution in [0.15, 0.2) is 0 Å². The molecule has 0 saturated carbocycles. The third-order valence-electron chi connectivity index (χ3n) is 2.55. The minimum Gasteiger partial charge on any atom is -0.480 e. The predicted molar refractivity (Wildman–Crippen MR) is 78.4 cm³/mol. The lowest BCUT2D eigenvalue weighted by Crippen LogP contribution is -2.48. The molecule has 0 aromatic heterocycles. The van der Waals surface area contributed by atoms with E-state index in [1.807, 2.05) is 32.8 Å². The Morgan fingerprint density at radius 3 is 2.20 bits per heavy atom. The average Bonchev–Trinajstić information content (AvgIpc) is 2.32. The number of urea groups is 1. The number of carboxylic acids is 1. The predicted octanol–water partition coefficient (Wildman–Crippen LogP) is 0.646. The van der Waals surface area contributed by atoms with E-state index in [2.05, 4.69) is 5.92 Å². The van der Waals surface area contributed by atoms with Gasteiger partial charge >= 0.3 is 12.0 Å². The highest BCUT2D eigenvalue weighted by molar-refractivity contribution is 5.80. The monoisotopic (exact) mass is 283 g/mol. The van der Waals surface area contributed by atoms with Gasteiger partial charge in [0.25, 0.3) is 0 Å². The van der Waals surface area contributed by atoms with Crippen LogP contribution in [0.3, 0.4) is 0 Å². The number of carbonyl (C=O) groups excluding carboxylic acids is 1. The van der Waals surface area contributed by atoms with Gasteiger partial charge in [-0.05, 0) is 20.0 Å². The van der Waals surface area contributed by atoms with Crippen LogP contribution in [0.5, 0.6) is 0 Å². The molecule has 0 unspecified atom stereocenters. The molecule has 0 atom stereocenters. The summed E-state index contributed by atoms with van der Waals surface area (Å²) in [6.07, 6.45) is 5.20. The molecule has 0 bridgehead atoms. The summed E-state index contributed by atoms with van der Waals surface area (Å²) in [6.45, 7) is 5.49. The highest BCUT2D eigenvalue weighted by Gasteiger charge is 2.22. The standard InChI is InChI=1S/C14H25N3O3/c1-6-7-16(11-13(18)19)14(20)17(10-12(2)3)9-8-15(4)5/h1,12H,7-11H2,2-5H3,(H,18,19). The van der Waals surface area contributed by atoms with E-state index < -0.39 is 5.97 Å². The molecular formula is C14H25N3O3. The van der Waals surface area contributed by atoms with Crippen LogP contribution in [0.2, 0.25) is 0 Å². The van der Waals surface area contributed by atoms with Gasteiger partial charge < -0.3 is 19.8 Å². The van der Waals surface area contributed by atoms with Crippen LogP contribution in [0.25, 0.3) is 0 Å². The van der Waals surface area contributed by atoms with Crippen molar-refractivity contribution in [1.29, 1.82) is 0 Å². The molecule has 6 nitrogen and oxygen atoms in total. The third kappa shape index (κ3) is 7.64. The molecule has 0 radical (unpaired) electrons. The topological polar surface area (TPSA) is 64.1 Å². The quantitative estimate of drug-likeness (QED) is 0.664. The molecule has 0 rings (SSSR count). The maximum Gasteiger partial charge on any atom is 0.323 e. The number of amides is 2. The largest absolute Gasteiger partial charge is 0.480 e. The van der Waals surface area contributed by atoms with Crippen LogP contribution in [0.4, 0.5) is 4.79 Å². The van der Waals surface area contributed by atoms with Crippen molar-refractivity contribution in [1.82, 2.24) is 14.7 Å². The number of carbonyl (C=O) groups is 2. The lowest BCUT2D eigenvalue weighted by atomic mass is 10.2. The van der Waals surface area contributed by atoms with Crippen LogP contribution in [0, 0.1) is 18.3 Å². The first-order chi connectivity index (χ1) is 9.27. The Hall–Kier alpha value is -1.74. The van der Waals surface area contributed by atoms with E-state index in [1.165, 1.54) is 4.90 Å². The van der Waals surface area contributed by atoms with Crippen molar-refractivity contribution in [3.05, 3.63) is 0 Å². The third-order valence-corrected chi connectivity index (χ3v) is 2.55. The summed E-state index contributed by atoms with van der Waals surface area (Å²) < 4.78 is 0. The first kappa shape index (κ1) is 18.3. The Labute approximate surface area is 121 Å². The fraction of sp³-hybridized carbons (Fsp3) is 0.714. The van der Waals surface area contributed by atoms with E-state index in [9.17, 15) is 9.59 Å². The molecule has 0 aliphatic heterocycles. The van der Waals surface area contributed by atoms with Gasteiger partial charge in [-0.25, -0.2) is 4.79 Å². The second-order valence-corrected chi connectivity index (χ2v) is 5.38. The van der Waals surface area contributed by atoms with Crippen LogP contribution < -0.4 is 0 Å². The fourth-order valence-electron chi connectivity index (χ4n) is 1.69. The molecule has 6 heteroatoms. The molecule has 0 spiro atoms. The van der Waals surface area contributed by atoms with Crippen molar-refractivity contribution >= 4 is 12.0 Å². The van der Waals surface area contributed by atoms with Gasteiger partial charge in [0.15, 0.2) is 0 Å². The number of carboxylic acid groups (broad SMARTS) is 1. The molecule has 0 heterocycles. The van der Waals surface area contributed by atoms with Gasteiger partial charge in [0, 0.05) is 19.6 Å². The zero-order valence-electron chi connectivity index (χ0n) is 12.8. The molecule has 0 saturated heterocycles. The zero-order valence-corrected chi connectivity index (χ0v) is 12.8. The summed E-state index contributed by atoms with van der Waals surface area (Å²) >= 11 is 0. The van der Waals surface area contributed by atoms with Crippen LogP contribution in [0.1, 0.15) is 13.8 Å². The molecule has 20 heavy (non-hydrogen) atoms. The molecule has 2 amide bonds. The minimum atomic E-state index is -1.06. The summed E-state index contributed by atoms with van der Waals surface area (Å²) in [5.41, 5.74) is 0. The molecular weight excluding hydrogens is 258 g/mol. The maximum absolute atomic E-state index is 12.4. The number of rotatable bonds is 8. The van der Waals surface area contributed by atoms with Crippen LogP contribution in [-0.2, 0) is 4.79 Å². The van der Waals surface area contributed by atoms with Crippen LogP contribution in [-0.4, -0.2) is 78.6 Å². The average molecular weight is 283 g/mol. The van der Waals surface area contributed by atoms with Gasteiger partial charge in [-0.2, -0.15) is 0 Å². The summed E-state index contributed by atoms with van der Waals surface area (Å²) in [6, 6.07) is -0.319. The van der Waals surface area contributed by atoms with Gasteiger partial charge in [-0.3, -0.25) is 4.79 Å². The van der Waals surface area contributed by atoms with Gasteiger partial charge in [0.2, 0.25) is 0 Å². The second kappa shape index (κ2) is 9.21. The number of nitrogens with zero attached hydrogens (tertiary/aromatic N) is 3. The van der Waals surface area contributed by atoms with Gasteiger partial charge in [-0.1, -0.05) is 19.8 Å². The number of terminal acetylenes is 1. The minimum absolute atomic E-state index is 0.00168. The van der Waals surface area contributed by atoms with Gasteiger partial charge in [0.05, 0.1) is 6.54 Å². The summed E-state index contributed by atoms with van der Waals surface area (Å²) in [7, 11) is 3.85. The summed E-state index contributed by atoms with van der Waals surface area (Å²) in [5, 5.41) is 8.85. The lowest BCUT2D eigenvalue weighted by Gasteiger charge is -2.30. The van der Waals surface area contributed by atoms with E-state index in [-0.39, 0.29) is 19.1 Å². The molecule has 0 aromatic rings. The van der Waals surface area contributed by atoms with Crippen molar-refractivity contribution < 1.29 is 14.7 Å². The Bertz CT molecular complexity index is 361. The highest BCUT2D eigenvalue weighted by Crippen LogP contribution is 2.04. The van der Waals surface area contributed by atoms with Crippen molar-refractivity contribution in [3.8, 4) is 12.3 Å². The SMILES string of the molecule is C#CCN(CC(=O)O)C(=O)N(CCN(C)C)CC(C)C. The first-order valence-corrected chi connectivity index (χ1v) is 6.61. The smallest absolute Gasteiger partial charge is 0.323 e.